The molecule has 4 heterocycles. The van der Waals surface area contributed by atoms with E-state index in [4.69, 9.17) is 4.42 Å². The van der Waals surface area contributed by atoms with Gasteiger partial charge in [0, 0.05) is 61.9 Å². The molecule has 3 aliphatic heterocycles. The summed E-state index contributed by atoms with van der Waals surface area (Å²) in [6, 6.07) is 59.6. The number of nitrogens with zero attached hydrogens (tertiary/aromatic N) is 3. The molecule has 1 saturated carbocycles. The lowest BCUT2D eigenvalue weighted by molar-refractivity contribution is 0.195. The van der Waals surface area contributed by atoms with Gasteiger partial charge >= 0.3 is 0 Å². The van der Waals surface area contributed by atoms with Gasteiger partial charge in [0.2, 0.25) is 0 Å². The highest BCUT2D eigenvalue weighted by molar-refractivity contribution is 7.00. The van der Waals surface area contributed by atoms with Crippen molar-refractivity contribution in [2.45, 2.75) is 181 Å². The van der Waals surface area contributed by atoms with Crippen molar-refractivity contribution in [3.05, 3.63) is 185 Å². The van der Waals surface area contributed by atoms with Gasteiger partial charge in [-0.2, -0.15) is 0 Å². The molecule has 0 N–H and O–H groups in total. The van der Waals surface area contributed by atoms with Gasteiger partial charge in [-0.05, 0) is 163 Å². The largest absolute Gasteiger partial charge is 0.456 e. The van der Waals surface area contributed by atoms with Crippen molar-refractivity contribution in [3.63, 3.8) is 0 Å². The van der Waals surface area contributed by atoms with Crippen LogP contribution in [0.4, 0.5) is 45.5 Å². The number of benzene rings is 8. The van der Waals surface area contributed by atoms with Gasteiger partial charge in [0.15, 0.2) is 0 Å². The number of furan rings is 1. The molecule has 13 rings (SSSR count). The smallest absolute Gasteiger partial charge is 0.252 e. The van der Waals surface area contributed by atoms with Crippen molar-refractivity contribution in [2.75, 3.05) is 14.7 Å². The standard InChI is InChI=1S/C76H84BN3O/c1-70(2,3)48-25-31-53(32-26-48)78(54-33-27-49(28-34-54)71(4,5)6)55-43-64-68-65(44-55)80-69-59(75(16)37-21-22-38-76(75,80)17)41-52(74(13,14)15)42-61(69)77(68)60-45-58-57-40-51(73(10,11)12)30-36-66(57)81-67(58)46-63(60)79(64)62-35-29-50(72(7,8)9)39-56(62)47-23-19-18-20-24-47/h18-20,23-36,39-46H,21-22,37-38H2,1-17H3. The lowest BCUT2D eigenvalue weighted by Gasteiger charge is -2.53. The Morgan fingerprint density at radius 3 is 1.59 bits per heavy atom. The van der Waals surface area contributed by atoms with Crippen LogP contribution in [0.5, 0.6) is 0 Å². The van der Waals surface area contributed by atoms with E-state index >= 15 is 0 Å². The normalized spacial score (nSPS) is 18.8. The van der Waals surface area contributed by atoms with E-state index in [-0.39, 0.29) is 44.7 Å². The second-order valence-electron chi connectivity index (χ2n) is 30.3. The molecule has 412 valence electrons. The molecule has 4 nitrogen and oxygen atoms in total. The molecular weight excluding hydrogens is 982 g/mol. The quantitative estimate of drug-likeness (QED) is 0.160. The summed E-state index contributed by atoms with van der Waals surface area (Å²) in [6.45, 7) is 40.3. The third-order valence-electron chi connectivity index (χ3n) is 19.8. The monoisotopic (exact) mass is 1070 g/mol. The Hall–Kier alpha value is -6.98. The number of rotatable bonds is 5. The third kappa shape index (κ3) is 8.27. The lowest BCUT2D eigenvalue weighted by Crippen LogP contribution is -2.64. The lowest BCUT2D eigenvalue weighted by atomic mass is 9.33. The second-order valence-corrected chi connectivity index (χ2v) is 30.3. The molecule has 0 bridgehead atoms. The van der Waals surface area contributed by atoms with Gasteiger partial charge in [-0.15, -0.1) is 0 Å². The summed E-state index contributed by atoms with van der Waals surface area (Å²) in [6.07, 6.45) is 4.70. The van der Waals surface area contributed by atoms with E-state index in [9.17, 15) is 0 Å². The molecule has 1 fully saturated rings. The Balaban J connectivity index is 1.21. The van der Waals surface area contributed by atoms with Crippen LogP contribution in [0.1, 0.15) is 177 Å². The first-order valence-electron chi connectivity index (χ1n) is 30.2. The fraction of sp³-hybridized carbons (Fsp3) is 0.368. The highest BCUT2D eigenvalue weighted by Gasteiger charge is 2.62. The van der Waals surface area contributed by atoms with Crippen LogP contribution in [0, 0.1) is 0 Å². The first kappa shape index (κ1) is 53.3. The van der Waals surface area contributed by atoms with Crippen LogP contribution in [0.3, 0.4) is 0 Å². The van der Waals surface area contributed by atoms with Crippen molar-refractivity contribution in [1.82, 2.24) is 0 Å². The van der Waals surface area contributed by atoms with Crippen LogP contribution < -0.4 is 31.1 Å². The third-order valence-corrected chi connectivity index (χ3v) is 19.8. The van der Waals surface area contributed by atoms with Gasteiger partial charge in [-0.3, -0.25) is 0 Å². The first-order chi connectivity index (χ1) is 38.0. The molecule has 0 spiro atoms. The maximum absolute atomic E-state index is 7.12. The van der Waals surface area contributed by atoms with E-state index in [2.05, 4.69) is 284 Å². The van der Waals surface area contributed by atoms with E-state index in [1.807, 2.05) is 0 Å². The summed E-state index contributed by atoms with van der Waals surface area (Å²) in [4.78, 5) is 8.13. The van der Waals surface area contributed by atoms with E-state index in [1.165, 1.54) is 102 Å². The molecule has 1 aliphatic carbocycles. The Morgan fingerprint density at radius 2 is 0.988 bits per heavy atom. The number of hydrogen-bond acceptors (Lipinski definition) is 4. The Bertz CT molecular complexity index is 3940. The molecule has 81 heavy (non-hydrogen) atoms. The van der Waals surface area contributed by atoms with Crippen LogP contribution >= 0.6 is 0 Å². The summed E-state index contributed by atoms with van der Waals surface area (Å²) < 4.78 is 7.12. The van der Waals surface area contributed by atoms with Crippen molar-refractivity contribution in [3.8, 4) is 11.1 Å². The Morgan fingerprint density at radius 1 is 0.444 bits per heavy atom. The van der Waals surface area contributed by atoms with Crippen molar-refractivity contribution >= 4 is 90.5 Å². The Kier molecular flexibility index (Phi) is 11.7. The molecule has 0 saturated heterocycles. The molecule has 2 unspecified atom stereocenters. The highest BCUT2D eigenvalue weighted by Crippen LogP contribution is 2.63. The Labute approximate surface area is 484 Å². The summed E-state index contributed by atoms with van der Waals surface area (Å²) in [5.41, 5.74) is 25.8. The number of hydrogen-bond donors (Lipinski definition) is 0. The predicted molar refractivity (Wildman–Crippen MR) is 349 cm³/mol. The topological polar surface area (TPSA) is 22.9 Å². The fourth-order valence-electron chi connectivity index (χ4n) is 14.6. The summed E-state index contributed by atoms with van der Waals surface area (Å²) >= 11 is 0. The zero-order valence-corrected chi connectivity index (χ0v) is 51.6. The average molecular weight is 1070 g/mol. The predicted octanol–water partition coefficient (Wildman–Crippen LogP) is 19.6. The highest BCUT2D eigenvalue weighted by atomic mass is 16.3. The van der Waals surface area contributed by atoms with E-state index in [1.54, 1.807) is 0 Å². The van der Waals surface area contributed by atoms with Gasteiger partial charge < -0.3 is 19.1 Å². The molecular formula is C76H84BN3O. The zero-order valence-electron chi connectivity index (χ0n) is 51.6. The van der Waals surface area contributed by atoms with Gasteiger partial charge in [0.1, 0.15) is 11.2 Å². The van der Waals surface area contributed by atoms with Gasteiger partial charge in [0.05, 0.1) is 16.9 Å². The van der Waals surface area contributed by atoms with Crippen molar-refractivity contribution < 1.29 is 4.42 Å². The molecule has 5 heteroatoms. The molecule has 9 aromatic rings. The van der Waals surface area contributed by atoms with Gasteiger partial charge in [-0.25, -0.2) is 0 Å². The maximum atomic E-state index is 7.12. The van der Waals surface area contributed by atoms with Crippen molar-refractivity contribution in [1.29, 1.82) is 0 Å². The molecule has 1 aromatic heterocycles. The molecule has 4 aliphatic rings. The van der Waals surface area contributed by atoms with Gasteiger partial charge in [-0.1, -0.05) is 209 Å². The van der Waals surface area contributed by atoms with Crippen LogP contribution in [0.25, 0.3) is 33.1 Å². The summed E-state index contributed by atoms with van der Waals surface area (Å²) in [7, 11) is 0. The molecule has 8 aromatic carbocycles. The van der Waals surface area contributed by atoms with E-state index in [0.29, 0.717) is 0 Å². The summed E-state index contributed by atoms with van der Waals surface area (Å²) in [5.74, 6) is 0. The summed E-state index contributed by atoms with van der Waals surface area (Å²) in [5, 5.41) is 2.35. The molecule has 0 radical (unpaired) electrons. The van der Waals surface area contributed by atoms with Crippen LogP contribution in [0.2, 0.25) is 0 Å². The minimum Gasteiger partial charge on any atom is -0.456 e. The molecule has 2 atom stereocenters. The molecule has 0 amide bonds. The fourth-order valence-corrected chi connectivity index (χ4v) is 14.6. The minimum absolute atomic E-state index is 0.00551. The number of fused-ring (bicyclic) bond motifs is 10. The minimum atomic E-state index is -0.188. The van der Waals surface area contributed by atoms with Gasteiger partial charge in [0.25, 0.3) is 6.71 Å². The van der Waals surface area contributed by atoms with Crippen LogP contribution in [-0.2, 0) is 32.5 Å². The SMILES string of the molecule is CC(C)(C)c1ccc(N(c2ccc(C(C)(C)C)cc2)c2cc3c4c(c2)N2c5c(cc(C(C)(C)C)cc5C5(C)CCCCC25C)B4c2cc4c(cc2N3c2ccc(C(C)(C)C)cc2-c2ccccc2)oc2ccc(C(C)(C)C)cc24)cc1. The van der Waals surface area contributed by atoms with E-state index < -0.39 is 0 Å². The average Bonchev–Trinajstić information content (AvgIpc) is 1.72. The maximum Gasteiger partial charge on any atom is 0.252 e. The zero-order chi connectivity index (χ0) is 57.3. The number of anilines is 8. The van der Waals surface area contributed by atoms with E-state index in [0.717, 1.165) is 52.4 Å². The van der Waals surface area contributed by atoms with Crippen molar-refractivity contribution in [2.24, 2.45) is 0 Å². The second kappa shape index (κ2) is 17.8. The first-order valence-corrected chi connectivity index (χ1v) is 30.2. The van der Waals surface area contributed by atoms with Crippen LogP contribution in [0.15, 0.2) is 156 Å². The van der Waals surface area contributed by atoms with Crippen LogP contribution in [-0.4, -0.2) is 12.3 Å².